The molecule has 2 rings (SSSR count). The Bertz CT molecular complexity index is 373. The molecule has 2 aliphatic rings. The molecule has 2 amide bonds. The van der Waals surface area contributed by atoms with Crippen LogP contribution in [0.15, 0.2) is 0 Å². The summed E-state index contributed by atoms with van der Waals surface area (Å²) in [6.45, 7) is 10.0. The maximum atomic E-state index is 11.7. The van der Waals surface area contributed by atoms with Gasteiger partial charge in [-0.15, -0.1) is 0 Å². The van der Waals surface area contributed by atoms with Gasteiger partial charge in [0.1, 0.15) is 0 Å². The Hall–Kier alpha value is -0.860. The van der Waals surface area contributed by atoms with Gasteiger partial charge in [0.25, 0.3) is 0 Å². The highest BCUT2D eigenvalue weighted by atomic mass is 16.2. The molecule has 1 heterocycles. The molecule has 0 aromatic heterocycles. The summed E-state index contributed by atoms with van der Waals surface area (Å²) in [6.07, 6.45) is 7.02. The number of rotatable bonds is 4. The molecule has 2 fully saturated rings. The zero-order valence-electron chi connectivity index (χ0n) is 14.2. The molecule has 1 atom stereocenters. The van der Waals surface area contributed by atoms with Gasteiger partial charge in [-0.25, -0.2) is 0 Å². The van der Waals surface area contributed by atoms with Crippen LogP contribution in [0.3, 0.4) is 0 Å². The lowest BCUT2D eigenvalue weighted by atomic mass is 9.71. The number of likely N-dealkylation sites (tertiary alicyclic amines) is 1. The van der Waals surface area contributed by atoms with E-state index < -0.39 is 0 Å². The van der Waals surface area contributed by atoms with E-state index in [2.05, 4.69) is 27.7 Å². The average Bonchev–Trinajstić information content (AvgIpc) is 2.69. The van der Waals surface area contributed by atoms with Crippen LogP contribution < -0.4 is 0 Å². The van der Waals surface area contributed by atoms with Crippen LogP contribution in [0, 0.1) is 23.2 Å². The molecule has 3 heteroatoms. The molecule has 120 valence electrons. The summed E-state index contributed by atoms with van der Waals surface area (Å²) in [4.78, 5) is 24.9. The van der Waals surface area contributed by atoms with Crippen molar-refractivity contribution in [2.45, 2.75) is 72.6 Å². The Morgan fingerprint density at radius 1 is 1.05 bits per heavy atom. The SMILES string of the molecule is CC(CC(C)(C)C)C1CCC(CN2C(=O)CCC2=O)CC1. The van der Waals surface area contributed by atoms with Crippen LogP contribution in [0.25, 0.3) is 0 Å². The monoisotopic (exact) mass is 293 g/mol. The average molecular weight is 293 g/mol. The summed E-state index contributed by atoms with van der Waals surface area (Å²) >= 11 is 0. The second kappa shape index (κ2) is 6.50. The van der Waals surface area contributed by atoms with Gasteiger partial charge in [0.15, 0.2) is 0 Å². The predicted molar refractivity (Wildman–Crippen MR) is 84.6 cm³/mol. The number of nitrogens with zero attached hydrogens (tertiary/aromatic N) is 1. The Morgan fingerprint density at radius 3 is 2.05 bits per heavy atom. The Morgan fingerprint density at radius 2 is 1.57 bits per heavy atom. The van der Waals surface area contributed by atoms with Crippen molar-refractivity contribution in [3.05, 3.63) is 0 Å². The van der Waals surface area contributed by atoms with Crippen molar-refractivity contribution in [1.29, 1.82) is 0 Å². The number of carbonyl (C=O) groups is 2. The predicted octanol–water partition coefficient (Wildman–Crippen LogP) is 4.01. The summed E-state index contributed by atoms with van der Waals surface area (Å²) in [5, 5.41) is 0. The second-order valence-electron chi connectivity index (χ2n) is 8.42. The first-order valence-electron chi connectivity index (χ1n) is 8.59. The third-order valence-electron chi connectivity index (χ3n) is 5.23. The number of amides is 2. The third-order valence-corrected chi connectivity index (χ3v) is 5.23. The van der Waals surface area contributed by atoms with Crippen LogP contribution in [0.1, 0.15) is 72.6 Å². The molecular weight excluding hydrogens is 262 g/mol. The van der Waals surface area contributed by atoms with Gasteiger partial charge in [-0.05, 0) is 55.3 Å². The summed E-state index contributed by atoms with van der Waals surface area (Å²) in [6, 6.07) is 0. The Kier molecular flexibility index (Phi) is 5.11. The number of imide groups is 1. The summed E-state index contributed by atoms with van der Waals surface area (Å²) in [7, 11) is 0. The quantitative estimate of drug-likeness (QED) is 0.734. The van der Waals surface area contributed by atoms with Gasteiger partial charge in [0.2, 0.25) is 11.8 Å². The van der Waals surface area contributed by atoms with E-state index in [1.54, 1.807) is 0 Å². The highest BCUT2D eigenvalue weighted by Crippen LogP contribution is 2.38. The molecule has 1 saturated heterocycles. The molecule has 1 unspecified atom stereocenters. The van der Waals surface area contributed by atoms with E-state index in [9.17, 15) is 9.59 Å². The minimum atomic E-state index is 0.0447. The standard InChI is InChI=1S/C18H31NO2/c1-13(11-18(2,3)4)15-7-5-14(6-8-15)12-19-16(20)9-10-17(19)21/h13-15H,5-12H2,1-4H3. The molecule has 0 bridgehead atoms. The van der Waals surface area contributed by atoms with Crippen molar-refractivity contribution in [3.63, 3.8) is 0 Å². The highest BCUT2D eigenvalue weighted by Gasteiger charge is 2.33. The molecule has 0 N–H and O–H groups in total. The van der Waals surface area contributed by atoms with Crippen LogP contribution >= 0.6 is 0 Å². The van der Waals surface area contributed by atoms with E-state index in [1.807, 2.05) is 0 Å². The third kappa shape index (κ3) is 4.55. The first-order valence-corrected chi connectivity index (χ1v) is 8.59. The van der Waals surface area contributed by atoms with Gasteiger partial charge in [-0.1, -0.05) is 27.7 Å². The van der Waals surface area contributed by atoms with E-state index in [4.69, 9.17) is 0 Å². The maximum Gasteiger partial charge on any atom is 0.229 e. The van der Waals surface area contributed by atoms with Crippen molar-refractivity contribution >= 4 is 11.8 Å². The van der Waals surface area contributed by atoms with Crippen LogP contribution in [-0.2, 0) is 9.59 Å². The summed E-state index contributed by atoms with van der Waals surface area (Å²) in [5.41, 5.74) is 0.407. The van der Waals surface area contributed by atoms with Gasteiger partial charge >= 0.3 is 0 Å². The number of hydrogen-bond acceptors (Lipinski definition) is 2. The lowest BCUT2D eigenvalue weighted by Gasteiger charge is -2.36. The van der Waals surface area contributed by atoms with Gasteiger partial charge in [-0.2, -0.15) is 0 Å². The van der Waals surface area contributed by atoms with Crippen LogP contribution in [0.4, 0.5) is 0 Å². The summed E-state index contributed by atoms with van der Waals surface area (Å²) < 4.78 is 0. The first kappa shape index (κ1) is 16.5. The molecule has 3 nitrogen and oxygen atoms in total. The van der Waals surface area contributed by atoms with Gasteiger partial charge in [-0.3, -0.25) is 14.5 Å². The van der Waals surface area contributed by atoms with E-state index in [1.165, 1.54) is 37.0 Å². The molecule has 1 aliphatic carbocycles. The lowest BCUT2D eigenvalue weighted by molar-refractivity contribution is -0.139. The van der Waals surface area contributed by atoms with Crippen LogP contribution in [0.2, 0.25) is 0 Å². The Balaban J connectivity index is 1.78. The van der Waals surface area contributed by atoms with Crippen molar-refractivity contribution < 1.29 is 9.59 Å². The molecule has 1 aliphatic heterocycles. The molecular formula is C18H31NO2. The fourth-order valence-corrected chi connectivity index (χ4v) is 4.16. The maximum absolute atomic E-state index is 11.7. The van der Waals surface area contributed by atoms with Gasteiger partial charge < -0.3 is 0 Å². The highest BCUT2D eigenvalue weighted by molar-refractivity contribution is 6.01. The van der Waals surface area contributed by atoms with E-state index in [0.29, 0.717) is 30.7 Å². The largest absolute Gasteiger partial charge is 0.282 e. The number of hydrogen-bond donors (Lipinski definition) is 0. The second-order valence-corrected chi connectivity index (χ2v) is 8.42. The smallest absolute Gasteiger partial charge is 0.229 e. The minimum absolute atomic E-state index is 0.0447. The van der Waals surface area contributed by atoms with Crippen molar-refractivity contribution in [3.8, 4) is 0 Å². The van der Waals surface area contributed by atoms with Gasteiger partial charge in [0.05, 0.1) is 0 Å². The topological polar surface area (TPSA) is 37.4 Å². The van der Waals surface area contributed by atoms with Crippen molar-refractivity contribution in [1.82, 2.24) is 4.90 Å². The van der Waals surface area contributed by atoms with E-state index in [0.717, 1.165) is 11.8 Å². The molecule has 0 radical (unpaired) electrons. The molecule has 21 heavy (non-hydrogen) atoms. The normalized spacial score (nSPS) is 29.0. The molecule has 0 aromatic carbocycles. The Labute approximate surface area is 129 Å². The van der Waals surface area contributed by atoms with Crippen LogP contribution in [0.5, 0.6) is 0 Å². The minimum Gasteiger partial charge on any atom is -0.282 e. The van der Waals surface area contributed by atoms with Crippen molar-refractivity contribution in [2.24, 2.45) is 23.2 Å². The lowest BCUT2D eigenvalue weighted by Crippen LogP contribution is -2.36. The van der Waals surface area contributed by atoms with E-state index >= 15 is 0 Å². The summed E-state index contributed by atoms with van der Waals surface area (Å²) in [5.74, 6) is 2.23. The van der Waals surface area contributed by atoms with Crippen molar-refractivity contribution in [2.75, 3.05) is 6.54 Å². The zero-order chi connectivity index (χ0) is 15.6. The number of carbonyl (C=O) groups excluding carboxylic acids is 2. The van der Waals surface area contributed by atoms with Crippen LogP contribution in [-0.4, -0.2) is 23.3 Å². The van der Waals surface area contributed by atoms with E-state index in [-0.39, 0.29) is 11.8 Å². The first-order chi connectivity index (χ1) is 9.76. The zero-order valence-corrected chi connectivity index (χ0v) is 14.2. The molecule has 0 spiro atoms. The fourth-order valence-electron chi connectivity index (χ4n) is 4.16. The fraction of sp³-hybridized carbons (Fsp3) is 0.889. The molecule has 0 aromatic rings. The van der Waals surface area contributed by atoms with Gasteiger partial charge in [0, 0.05) is 19.4 Å². The molecule has 1 saturated carbocycles.